The lowest BCUT2D eigenvalue weighted by atomic mass is 10.0. The normalized spacial score (nSPS) is 12.5. The molecule has 1 unspecified atom stereocenters. The summed E-state index contributed by atoms with van der Waals surface area (Å²) in [5.41, 5.74) is 8.04. The molecule has 1 atom stereocenters. The lowest BCUT2D eigenvalue weighted by Gasteiger charge is -2.12. The Morgan fingerprint density at radius 3 is 2.84 bits per heavy atom. The first-order chi connectivity index (χ1) is 9.31. The SMILES string of the molecule is COc1nccnc1C(N)c1csc2ccccc12. The van der Waals surface area contributed by atoms with Gasteiger partial charge in [0, 0.05) is 17.1 Å². The molecule has 2 N–H and O–H groups in total. The Labute approximate surface area is 114 Å². The minimum Gasteiger partial charge on any atom is -0.480 e. The number of nitrogens with two attached hydrogens (primary N) is 1. The zero-order chi connectivity index (χ0) is 13.2. The maximum Gasteiger partial charge on any atom is 0.237 e. The quantitative estimate of drug-likeness (QED) is 0.795. The Bertz CT molecular complexity index is 710. The molecule has 3 aromatic rings. The second-order valence-corrected chi connectivity index (χ2v) is 5.03. The van der Waals surface area contributed by atoms with Gasteiger partial charge >= 0.3 is 0 Å². The van der Waals surface area contributed by atoms with E-state index in [1.807, 2.05) is 12.1 Å². The fourth-order valence-corrected chi connectivity index (χ4v) is 3.09. The van der Waals surface area contributed by atoms with Gasteiger partial charge in [-0.25, -0.2) is 4.98 Å². The van der Waals surface area contributed by atoms with Gasteiger partial charge in [-0.3, -0.25) is 4.98 Å². The molecular formula is C14H13N3OS. The zero-order valence-corrected chi connectivity index (χ0v) is 11.2. The molecule has 0 aliphatic heterocycles. The van der Waals surface area contributed by atoms with Crippen molar-refractivity contribution >= 4 is 21.4 Å². The minimum atomic E-state index is -0.334. The zero-order valence-electron chi connectivity index (χ0n) is 10.4. The van der Waals surface area contributed by atoms with E-state index in [1.165, 1.54) is 4.70 Å². The van der Waals surface area contributed by atoms with Crippen LogP contribution in [0.4, 0.5) is 0 Å². The number of rotatable bonds is 3. The third kappa shape index (κ3) is 2.07. The summed E-state index contributed by atoms with van der Waals surface area (Å²) in [5.74, 6) is 0.477. The van der Waals surface area contributed by atoms with Crippen LogP contribution in [0.1, 0.15) is 17.3 Å². The van der Waals surface area contributed by atoms with Crippen LogP contribution in [-0.2, 0) is 0 Å². The molecule has 2 aromatic heterocycles. The fourth-order valence-electron chi connectivity index (χ4n) is 2.09. The van der Waals surface area contributed by atoms with Crippen molar-refractivity contribution in [1.29, 1.82) is 0 Å². The summed E-state index contributed by atoms with van der Waals surface area (Å²) in [5, 5.41) is 3.23. The Hall–Kier alpha value is -1.98. The van der Waals surface area contributed by atoms with Gasteiger partial charge in [0.25, 0.3) is 0 Å². The molecule has 4 nitrogen and oxygen atoms in total. The maximum absolute atomic E-state index is 6.33. The number of thiophene rings is 1. The van der Waals surface area contributed by atoms with Crippen molar-refractivity contribution in [3.8, 4) is 5.88 Å². The molecule has 0 bridgehead atoms. The molecule has 0 aliphatic carbocycles. The van der Waals surface area contributed by atoms with Crippen molar-refractivity contribution in [3.05, 3.63) is 53.3 Å². The highest BCUT2D eigenvalue weighted by Gasteiger charge is 2.19. The van der Waals surface area contributed by atoms with Gasteiger partial charge in [-0.15, -0.1) is 11.3 Å². The summed E-state index contributed by atoms with van der Waals surface area (Å²) in [4.78, 5) is 8.45. The Morgan fingerprint density at radius 2 is 2.00 bits per heavy atom. The van der Waals surface area contributed by atoms with Gasteiger partial charge in [0.2, 0.25) is 5.88 Å². The number of fused-ring (bicyclic) bond motifs is 1. The van der Waals surface area contributed by atoms with Crippen LogP contribution in [0.5, 0.6) is 5.88 Å². The molecule has 0 spiro atoms. The summed E-state index contributed by atoms with van der Waals surface area (Å²) in [7, 11) is 1.58. The van der Waals surface area contributed by atoms with Crippen molar-refractivity contribution in [2.45, 2.75) is 6.04 Å². The van der Waals surface area contributed by atoms with Crippen LogP contribution in [0.15, 0.2) is 42.0 Å². The number of nitrogens with zero attached hydrogens (tertiary/aromatic N) is 2. The fraction of sp³-hybridized carbons (Fsp3) is 0.143. The van der Waals surface area contributed by atoms with Gasteiger partial charge in [-0.1, -0.05) is 18.2 Å². The van der Waals surface area contributed by atoms with Gasteiger partial charge < -0.3 is 10.5 Å². The van der Waals surface area contributed by atoms with Gasteiger partial charge in [0.05, 0.1) is 13.2 Å². The highest BCUT2D eigenvalue weighted by atomic mass is 32.1. The number of methoxy groups -OCH3 is 1. The van der Waals surface area contributed by atoms with Gasteiger partial charge in [0.15, 0.2) is 0 Å². The van der Waals surface area contributed by atoms with Crippen LogP contribution in [-0.4, -0.2) is 17.1 Å². The van der Waals surface area contributed by atoms with Gasteiger partial charge in [-0.2, -0.15) is 0 Å². The molecule has 19 heavy (non-hydrogen) atoms. The highest BCUT2D eigenvalue weighted by molar-refractivity contribution is 7.17. The van der Waals surface area contributed by atoms with E-state index in [1.54, 1.807) is 30.8 Å². The van der Waals surface area contributed by atoms with Crippen molar-refractivity contribution in [1.82, 2.24) is 9.97 Å². The number of hydrogen-bond acceptors (Lipinski definition) is 5. The van der Waals surface area contributed by atoms with Crippen molar-refractivity contribution in [2.24, 2.45) is 5.73 Å². The monoisotopic (exact) mass is 271 g/mol. The highest BCUT2D eigenvalue weighted by Crippen LogP contribution is 2.33. The Morgan fingerprint density at radius 1 is 1.21 bits per heavy atom. The number of aromatic nitrogens is 2. The standard InChI is InChI=1S/C14H13N3OS/c1-18-14-13(16-6-7-17-14)12(15)10-8-19-11-5-3-2-4-9(10)11/h2-8,12H,15H2,1H3. The van der Waals surface area contributed by atoms with Crippen molar-refractivity contribution in [2.75, 3.05) is 7.11 Å². The predicted molar refractivity (Wildman–Crippen MR) is 76.4 cm³/mol. The molecule has 1 aromatic carbocycles. The maximum atomic E-state index is 6.33. The van der Waals surface area contributed by atoms with Crippen LogP contribution >= 0.6 is 11.3 Å². The molecule has 0 amide bonds. The second kappa shape index (κ2) is 4.95. The summed E-state index contributed by atoms with van der Waals surface area (Å²) < 4.78 is 6.44. The lowest BCUT2D eigenvalue weighted by Crippen LogP contribution is -2.15. The number of benzene rings is 1. The Balaban J connectivity index is 2.11. The molecule has 0 saturated carbocycles. The molecule has 0 aliphatic rings. The smallest absolute Gasteiger partial charge is 0.237 e. The van der Waals surface area contributed by atoms with E-state index in [9.17, 15) is 0 Å². The molecule has 2 heterocycles. The summed E-state index contributed by atoms with van der Waals surface area (Å²) in [6.07, 6.45) is 3.23. The topological polar surface area (TPSA) is 61.0 Å². The third-order valence-corrected chi connectivity index (χ3v) is 4.01. The molecule has 5 heteroatoms. The molecular weight excluding hydrogens is 258 g/mol. The lowest BCUT2D eigenvalue weighted by molar-refractivity contribution is 0.387. The largest absolute Gasteiger partial charge is 0.480 e. The van der Waals surface area contributed by atoms with Gasteiger partial charge in [0.1, 0.15) is 5.69 Å². The van der Waals surface area contributed by atoms with Crippen LogP contribution in [0.2, 0.25) is 0 Å². The first-order valence-corrected chi connectivity index (χ1v) is 6.76. The van der Waals surface area contributed by atoms with Crippen molar-refractivity contribution < 1.29 is 4.74 Å². The van der Waals surface area contributed by atoms with E-state index in [-0.39, 0.29) is 6.04 Å². The average Bonchev–Trinajstić information content (AvgIpc) is 2.90. The summed E-state index contributed by atoms with van der Waals surface area (Å²) in [6.45, 7) is 0. The van der Waals surface area contributed by atoms with Gasteiger partial charge in [-0.05, 0) is 22.4 Å². The second-order valence-electron chi connectivity index (χ2n) is 4.12. The average molecular weight is 271 g/mol. The van der Waals surface area contributed by atoms with Crippen LogP contribution < -0.4 is 10.5 Å². The van der Waals surface area contributed by atoms with E-state index in [0.29, 0.717) is 11.6 Å². The summed E-state index contributed by atoms with van der Waals surface area (Å²) >= 11 is 1.68. The number of hydrogen-bond donors (Lipinski definition) is 1. The van der Waals surface area contributed by atoms with Crippen LogP contribution in [0, 0.1) is 0 Å². The molecule has 0 saturated heterocycles. The first-order valence-electron chi connectivity index (χ1n) is 5.88. The molecule has 3 rings (SSSR count). The molecule has 0 radical (unpaired) electrons. The van der Waals surface area contributed by atoms with Crippen LogP contribution in [0.3, 0.4) is 0 Å². The number of ether oxygens (including phenoxy) is 1. The minimum absolute atomic E-state index is 0.334. The predicted octanol–water partition coefficient (Wildman–Crippen LogP) is 2.75. The Kier molecular flexibility index (Phi) is 3.15. The van der Waals surface area contributed by atoms with E-state index in [2.05, 4.69) is 27.5 Å². The third-order valence-electron chi connectivity index (χ3n) is 3.03. The van der Waals surface area contributed by atoms with Crippen LogP contribution in [0.25, 0.3) is 10.1 Å². The molecule has 96 valence electrons. The summed E-state index contributed by atoms with van der Waals surface area (Å²) in [6, 6.07) is 7.87. The van der Waals surface area contributed by atoms with E-state index < -0.39 is 0 Å². The first kappa shape index (κ1) is 12.1. The van der Waals surface area contributed by atoms with Crippen molar-refractivity contribution in [3.63, 3.8) is 0 Å². The van der Waals surface area contributed by atoms with E-state index >= 15 is 0 Å². The molecule has 0 fully saturated rings. The van der Waals surface area contributed by atoms with E-state index in [4.69, 9.17) is 10.5 Å². The van der Waals surface area contributed by atoms with E-state index in [0.717, 1.165) is 10.9 Å².